The molecule has 0 saturated carbocycles. The minimum Gasteiger partial charge on any atom is -0.507 e. The third kappa shape index (κ3) is 2.99. The molecule has 1 saturated heterocycles. The molecule has 5 nitrogen and oxygen atoms in total. The lowest BCUT2D eigenvalue weighted by Gasteiger charge is -2.22. The number of benzene rings is 2. The minimum absolute atomic E-state index is 0.0457. The first-order valence-corrected chi connectivity index (χ1v) is 9.38. The fourth-order valence-electron chi connectivity index (χ4n) is 3.19. The van der Waals surface area contributed by atoms with Crippen LogP contribution in [0.4, 0.5) is 9.52 Å². The first kappa shape index (κ1) is 18.1. The van der Waals surface area contributed by atoms with Gasteiger partial charge in [-0.3, -0.25) is 14.5 Å². The van der Waals surface area contributed by atoms with Crippen LogP contribution in [-0.2, 0) is 9.59 Å². The van der Waals surface area contributed by atoms with Crippen LogP contribution in [0.5, 0.6) is 0 Å². The Morgan fingerprint density at radius 3 is 2.39 bits per heavy atom. The number of nitrogens with zero attached hydrogens (tertiary/aromatic N) is 2. The zero-order valence-electron chi connectivity index (χ0n) is 14.8. The van der Waals surface area contributed by atoms with Gasteiger partial charge in [0.15, 0.2) is 5.13 Å². The highest BCUT2D eigenvalue weighted by molar-refractivity contribution is 7.14. The summed E-state index contributed by atoms with van der Waals surface area (Å²) < 4.78 is 13.4. The van der Waals surface area contributed by atoms with Crippen molar-refractivity contribution in [2.75, 3.05) is 4.90 Å². The topological polar surface area (TPSA) is 70.5 Å². The highest BCUT2D eigenvalue weighted by Gasteiger charge is 2.47. The van der Waals surface area contributed by atoms with Gasteiger partial charge in [-0.15, -0.1) is 11.3 Å². The largest absolute Gasteiger partial charge is 0.507 e. The van der Waals surface area contributed by atoms with Crippen molar-refractivity contribution in [1.29, 1.82) is 0 Å². The zero-order chi connectivity index (χ0) is 19.8. The molecule has 7 heteroatoms. The van der Waals surface area contributed by atoms with E-state index in [4.69, 9.17) is 0 Å². The van der Waals surface area contributed by atoms with E-state index >= 15 is 0 Å². The van der Waals surface area contributed by atoms with Crippen molar-refractivity contribution in [3.05, 3.63) is 88.2 Å². The number of hydrogen-bond acceptors (Lipinski definition) is 5. The standard InChI is InChI=1S/C21H15FN2O3S/c1-12-2-4-14(5-3-12)18(25)16-17(13-6-8-15(22)9-7-13)24(20(27)19(16)26)21-23-10-11-28-21/h2-11,17,25H,1H3/b18-16+/t17-/m0/s1. The van der Waals surface area contributed by atoms with Crippen molar-refractivity contribution in [3.8, 4) is 0 Å². The van der Waals surface area contributed by atoms with E-state index in [2.05, 4.69) is 4.98 Å². The second-order valence-corrected chi connectivity index (χ2v) is 7.27. The lowest BCUT2D eigenvalue weighted by molar-refractivity contribution is -0.132. The molecule has 1 N–H and O–H groups in total. The summed E-state index contributed by atoms with van der Waals surface area (Å²) in [5.74, 6) is -2.29. The predicted molar refractivity (Wildman–Crippen MR) is 104 cm³/mol. The van der Waals surface area contributed by atoms with Crippen LogP contribution in [0.3, 0.4) is 0 Å². The Hall–Kier alpha value is -3.32. The van der Waals surface area contributed by atoms with Crippen LogP contribution in [0, 0.1) is 12.7 Å². The number of anilines is 1. The molecule has 28 heavy (non-hydrogen) atoms. The molecule has 1 aliphatic rings. The van der Waals surface area contributed by atoms with E-state index in [0.717, 1.165) is 5.56 Å². The van der Waals surface area contributed by atoms with Gasteiger partial charge in [0.25, 0.3) is 5.78 Å². The van der Waals surface area contributed by atoms with E-state index in [9.17, 15) is 19.1 Å². The number of hydrogen-bond donors (Lipinski definition) is 1. The van der Waals surface area contributed by atoms with Gasteiger partial charge in [0, 0.05) is 17.1 Å². The number of Topliss-reactive ketones (excluding diaryl/α,β-unsaturated/α-hetero) is 1. The summed E-state index contributed by atoms with van der Waals surface area (Å²) in [5, 5.41) is 12.9. The number of aryl methyl sites for hydroxylation is 1. The Morgan fingerprint density at radius 2 is 1.79 bits per heavy atom. The lowest BCUT2D eigenvalue weighted by Crippen LogP contribution is -2.29. The van der Waals surface area contributed by atoms with Crippen LogP contribution >= 0.6 is 11.3 Å². The van der Waals surface area contributed by atoms with Gasteiger partial charge in [0.05, 0.1) is 11.6 Å². The van der Waals surface area contributed by atoms with Gasteiger partial charge in [0.2, 0.25) is 0 Å². The highest BCUT2D eigenvalue weighted by atomic mass is 32.1. The maximum absolute atomic E-state index is 13.4. The van der Waals surface area contributed by atoms with E-state index < -0.39 is 23.5 Å². The maximum Gasteiger partial charge on any atom is 0.301 e. The van der Waals surface area contributed by atoms with Gasteiger partial charge in [-0.2, -0.15) is 0 Å². The van der Waals surface area contributed by atoms with Crippen LogP contribution in [0.2, 0.25) is 0 Å². The minimum atomic E-state index is -0.895. The molecule has 4 rings (SSSR count). The maximum atomic E-state index is 13.4. The number of rotatable bonds is 3. The summed E-state index contributed by atoms with van der Waals surface area (Å²) in [6, 6.07) is 11.6. The van der Waals surface area contributed by atoms with Crippen LogP contribution < -0.4 is 4.90 Å². The smallest absolute Gasteiger partial charge is 0.301 e. The fraction of sp³-hybridized carbons (Fsp3) is 0.0952. The number of carbonyl (C=O) groups is 2. The van der Waals surface area contributed by atoms with Crippen LogP contribution in [0.1, 0.15) is 22.7 Å². The van der Waals surface area contributed by atoms with E-state index in [1.807, 2.05) is 6.92 Å². The van der Waals surface area contributed by atoms with Gasteiger partial charge in [-0.1, -0.05) is 42.0 Å². The summed E-state index contributed by atoms with van der Waals surface area (Å²) >= 11 is 1.20. The molecule has 2 heterocycles. The molecule has 1 atom stereocenters. The van der Waals surface area contributed by atoms with Gasteiger partial charge in [0.1, 0.15) is 11.6 Å². The molecule has 0 bridgehead atoms. The molecule has 0 spiro atoms. The molecule has 1 amide bonds. The van der Waals surface area contributed by atoms with Crippen LogP contribution in [-0.4, -0.2) is 21.8 Å². The van der Waals surface area contributed by atoms with E-state index in [0.29, 0.717) is 16.3 Å². The second-order valence-electron chi connectivity index (χ2n) is 6.40. The van der Waals surface area contributed by atoms with Crippen molar-refractivity contribution in [2.45, 2.75) is 13.0 Å². The van der Waals surface area contributed by atoms with Crippen molar-refractivity contribution in [1.82, 2.24) is 4.98 Å². The molecule has 0 aliphatic carbocycles. The number of carbonyl (C=O) groups excluding carboxylic acids is 2. The molecule has 1 aromatic heterocycles. The summed E-state index contributed by atoms with van der Waals surface area (Å²) in [6.45, 7) is 1.91. The summed E-state index contributed by atoms with van der Waals surface area (Å²) in [5.41, 5.74) is 1.88. The molecule has 1 fully saturated rings. The predicted octanol–water partition coefficient (Wildman–Crippen LogP) is 4.22. The SMILES string of the molecule is Cc1ccc(/C(O)=C2\C(=O)C(=O)N(c3nccs3)[C@H]2c2ccc(F)cc2)cc1. The third-order valence-corrected chi connectivity index (χ3v) is 5.35. The van der Waals surface area contributed by atoms with Crippen molar-refractivity contribution < 1.29 is 19.1 Å². The number of aromatic nitrogens is 1. The molecule has 0 unspecified atom stereocenters. The van der Waals surface area contributed by atoms with Crippen molar-refractivity contribution in [2.24, 2.45) is 0 Å². The monoisotopic (exact) mass is 394 g/mol. The molecular formula is C21H15FN2O3S. The van der Waals surface area contributed by atoms with E-state index in [-0.39, 0.29) is 11.3 Å². The lowest BCUT2D eigenvalue weighted by atomic mass is 9.95. The zero-order valence-corrected chi connectivity index (χ0v) is 15.6. The van der Waals surface area contributed by atoms with Gasteiger partial charge >= 0.3 is 5.91 Å². The Kier molecular flexibility index (Phi) is 4.52. The number of ketones is 1. The first-order chi connectivity index (χ1) is 13.5. The average molecular weight is 394 g/mol. The normalized spacial score (nSPS) is 18.6. The number of amides is 1. The molecule has 1 aliphatic heterocycles. The molecule has 3 aromatic rings. The summed E-state index contributed by atoms with van der Waals surface area (Å²) in [7, 11) is 0. The van der Waals surface area contributed by atoms with Gasteiger partial charge < -0.3 is 5.11 Å². The van der Waals surface area contributed by atoms with Crippen LogP contribution in [0.15, 0.2) is 65.7 Å². The van der Waals surface area contributed by atoms with Gasteiger partial charge in [-0.25, -0.2) is 9.37 Å². The highest BCUT2D eigenvalue weighted by Crippen LogP contribution is 2.42. The van der Waals surface area contributed by atoms with Crippen molar-refractivity contribution in [3.63, 3.8) is 0 Å². The number of halogens is 1. The molecule has 140 valence electrons. The Morgan fingerprint density at radius 1 is 1.11 bits per heavy atom. The number of aliphatic hydroxyl groups is 1. The summed E-state index contributed by atoms with van der Waals surface area (Å²) in [4.78, 5) is 31.0. The quantitative estimate of drug-likeness (QED) is 0.410. The third-order valence-electron chi connectivity index (χ3n) is 4.58. The fourth-order valence-corrected chi connectivity index (χ4v) is 3.86. The van der Waals surface area contributed by atoms with Gasteiger partial charge in [-0.05, 0) is 24.6 Å². The summed E-state index contributed by atoms with van der Waals surface area (Å²) in [6.07, 6.45) is 1.53. The van der Waals surface area contributed by atoms with Crippen LogP contribution in [0.25, 0.3) is 5.76 Å². The Labute approximate surface area is 164 Å². The van der Waals surface area contributed by atoms with E-state index in [1.165, 1.54) is 46.7 Å². The van der Waals surface area contributed by atoms with Crippen molar-refractivity contribution >= 4 is 33.9 Å². The second kappa shape index (κ2) is 7.01. The number of aliphatic hydroxyl groups excluding tert-OH is 1. The number of thiazole rings is 1. The average Bonchev–Trinajstić information content (AvgIpc) is 3.30. The Balaban J connectivity index is 1.93. The molecule has 0 radical (unpaired) electrons. The van der Waals surface area contributed by atoms with E-state index in [1.54, 1.807) is 29.6 Å². The first-order valence-electron chi connectivity index (χ1n) is 8.50. The molecular weight excluding hydrogens is 379 g/mol. The molecule has 2 aromatic carbocycles. The Bertz CT molecular complexity index is 1070.